The molecule has 5 heteroatoms. The van der Waals surface area contributed by atoms with Gasteiger partial charge >= 0.3 is 0 Å². The molecule has 2 aromatic carbocycles. The molecule has 5 nitrogen and oxygen atoms in total. The van der Waals surface area contributed by atoms with Crippen LogP contribution in [-0.4, -0.2) is 38.8 Å². The van der Waals surface area contributed by atoms with Crippen LogP contribution in [-0.2, 0) is 9.57 Å². The van der Waals surface area contributed by atoms with Crippen LogP contribution in [0.1, 0.15) is 15.9 Å². The molecule has 2 atom stereocenters. The molecule has 25 heavy (non-hydrogen) atoms. The second-order valence-corrected chi connectivity index (χ2v) is 6.40. The zero-order valence-corrected chi connectivity index (χ0v) is 14.3. The molecular weight excluding hydrogens is 316 g/mol. The number of Topliss-reactive ketones (excluding diaryl/α,β-unsaturated/α-hetero) is 1. The minimum atomic E-state index is -0.238. The second kappa shape index (κ2) is 6.35. The summed E-state index contributed by atoms with van der Waals surface area (Å²) in [4.78, 5) is 19.6. The number of ketones is 1. The van der Waals surface area contributed by atoms with E-state index in [0.29, 0.717) is 12.2 Å². The number of benzene rings is 2. The second-order valence-electron chi connectivity index (χ2n) is 6.40. The van der Waals surface area contributed by atoms with E-state index in [1.165, 1.54) is 5.69 Å². The molecule has 2 aromatic rings. The Morgan fingerprint density at radius 2 is 1.80 bits per heavy atom. The smallest absolute Gasteiger partial charge is 0.200 e. The van der Waals surface area contributed by atoms with Gasteiger partial charge in [-0.25, -0.2) is 9.90 Å². The van der Waals surface area contributed by atoms with Gasteiger partial charge in [0.25, 0.3) is 0 Å². The summed E-state index contributed by atoms with van der Waals surface area (Å²) in [6.07, 6.45) is 3.76. The van der Waals surface area contributed by atoms with Crippen molar-refractivity contribution in [2.24, 2.45) is 0 Å². The molecule has 0 aromatic heterocycles. The van der Waals surface area contributed by atoms with Crippen LogP contribution in [0.25, 0.3) is 6.08 Å². The van der Waals surface area contributed by atoms with Crippen LogP contribution >= 0.6 is 0 Å². The lowest BCUT2D eigenvalue weighted by Crippen LogP contribution is -2.07. The predicted octanol–water partition coefficient (Wildman–Crippen LogP) is 3.13. The quantitative estimate of drug-likeness (QED) is 0.599. The number of nitrogens with zero attached hydrogens (tertiary/aromatic N) is 2. The molecule has 2 fully saturated rings. The van der Waals surface area contributed by atoms with Crippen molar-refractivity contribution in [3.63, 3.8) is 0 Å². The largest absolute Gasteiger partial charge is 0.378 e. The van der Waals surface area contributed by atoms with Gasteiger partial charge in [0.2, 0.25) is 0 Å². The minimum absolute atomic E-state index is 0.0517. The molecule has 2 saturated heterocycles. The van der Waals surface area contributed by atoms with Crippen molar-refractivity contribution in [3.8, 4) is 0 Å². The Kier molecular flexibility index (Phi) is 4.03. The standard InChI is InChI=1S/C20H20N2O3/c1-21(2)16-8-3-14(4-9-16)5-12-19-22(25-19)17-10-6-15(7-11-17)20(23)18-13-24-18/h3-12,18-19H,13H2,1-2H3/b12-5+. The van der Waals surface area contributed by atoms with Crippen LogP contribution in [0, 0.1) is 0 Å². The topological polar surface area (TPSA) is 48.4 Å². The third kappa shape index (κ3) is 3.57. The molecule has 2 aliphatic heterocycles. The van der Waals surface area contributed by atoms with Crippen LogP contribution in [0.4, 0.5) is 11.4 Å². The maximum absolute atomic E-state index is 11.9. The lowest BCUT2D eigenvalue weighted by atomic mass is 10.1. The Morgan fingerprint density at radius 1 is 1.12 bits per heavy atom. The van der Waals surface area contributed by atoms with E-state index < -0.39 is 0 Å². The molecule has 0 aliphatic carbocycles. The van der Waals surface area contributed by atoms with Crippen molar-refractivity contribution >= 4 is 23.2 Å². The molecule has 0 radical (unpaired) electrons. The summed E-state index contributed by atoms with van der Waals surface area (Å²) in [5, 5.41) is 1.81. The van der Waals surface area contributed by atoms with Gasteiger partial charge in [0.15, 0.2) is 12.0 Å². The number of hydrogen-bond acceptors (Lipinski definition) is 5. The monoisotopic (exact) mass is 336 g/mol. The fraction of sp³-hybridized carbons (Fsp3) is 0.250. The van der Waals surface area contributed by atoms with Crippen molar-refractivity contribution in [1.29, 1.82) is 0 Å². The van der Waals surface area contributed by atoms with Gasteiger partial charge in [-0.05, 0) is 48.0 Å². The lowest BCUT2D eigenvalue weighted by molar-refractivity contribution is 0.0953. The zero-order chi connectivity index (χ0) is 17.4. The number of epoxide rings is 1. The zero-order valence-electron chi connectivity index (χ0n) is 14.3. The fourth-order valence-corrected chi connectivity index (χ4v) is 2.65. The SMILES string of the molecule is CN(C)c1ccc(/C=C/C2ON2c2ccc(C(=O)C3CO3)cc2)cc1. The first kappa shape index (κ1) is 15.9. The molecule has 0 spiro atoms. The summed E-state index contributed by atoms with van der Waals surface area (Å²) in [6.45, 7) is 0.540. The molecule has 0 N–H and O–H groups in total. The summed E-state index contributed by atoms with van der Waals surface area (Å²) in [5.74, 6) is 0.0517. The van der Waals surface area contributed by atoms with Crippen molar-refractivity contribution in [3.05, 3.63) is 65.7 Å². The number of carbonyl (C=O) groups excluding carboxylic acids is 1. The van der Waals surface area contributed by atoms with Crippen molar-refractivity contribution in [2.75, 3.05) is 30.7 Å². The van der Waals surface area contributed by atoms with Crippen LogP contribution in [0.2, 0.25) is 0 Å². The first-order valence-corrected chi connectivity index (χ1v) is 8.29. The van der Waals surface area contributed by atoms with Gasteiger partial charge in [-0.1, -0.05) is 18.2 Å². The highest BCUT2D eigenvalue weighted by molar-refractivity contribution is 6.01. The van der Waals surface area contributed by atoms with Crippen LogP contribution < -0.4 is 9.96 Å². The number of hydroxylamine groups is 1. The molecule has 4 rings (SSSR count). The summed E-state index contributed by atoms with van der Waals surface area (Å²) >= 11 is 0. The van der Waals surface area contributed by atoms with Gasteiger partial charge in [0, 0.05) is 25.3 Å². The Morgan fingerprint density at radius 3 is 2.40 bits per heavy atom. The van der Waals surface area contributed by atoms with E-state index in [-0.39, 0.29) is 18.1 Å². The maximum Gasteiger partial charge on any atom is 0.200 e. The molecule has 128 valence electrons. The van der Waals surface area contributed by atoms with Crippen LogP contribution in [0.3, 0.4) is 0 Å². The third-order valence-corrected chi connectivity index (χ3v) is 4.30. The first-order valence-electron chi connectivity index (χ1n) is 8.29. The molecule has 0 amide bonds. The number of ether oxygens (including phenoxy) is 1. The first-order chi connectivity index (χ1) is 12.1. The van der Waals surface area contributed by atoms with Crippen LogP contribution in [0.5, 0.6) is 0 Å². The van der Waals surface area contributed by atoms with E-state index in [2.05, 4.69) is 29.2 Å². The Balaban J connectivity index is 1.36. The Labute approximate surface area is 147 Å². The minimum Gasteiger partial charge on any atom is -0.378 e. The Hall–Kier alpha value is -2.63. The highest BCUT2D eigenvalue weighted by atomic mass is 16.8. The average molecular weight is 336 g/mol. The predicted molar refractivity (Wildman–Crippen MR) is 97.7 cm³/mol. The van der Waals surface area contributed by atoms with Crippen molar-refractivity contribution in [1.82, 2.24) is 0 Å². The summed E-state index contributed by atoms with van der Waals surface area (Å²) in [5.41, 5.74) is 3.92. The molecule has 2 aliphatic rings. The van der Waals surface area contributed by atoms with Crippen molar-refractivity contribution in [2.45, 2.75) is 12.3 Å². The molecule has 0 saturated carbocycles. The normalized spacial score (nSPS) is 21.4. The van der Waals surface area contributed by atoms with Gasteiger partial charge < -0.3 is 9.64 Å². The van der Waals surface area contributed by atoms with Gasteiger partial charge in [0.1, 0.15) is 6.10 Å². The fourth-order valence-electron chi connectivity index (χ4n) is 2.65. The van der Waals surface area contributed by atoms with E-state index in [1.54, 1.807) is 0 Å². The number of hydrogen-bond donors (Lipinski definition) is 0. The summed E-state index contributed by atoms with van der Waals surface area (Å²) in [7, 11) is 4.05. The highest BCUT2D eigenvalue weighted by Gasteiger charge is 2.35. The number of anilines is 2. The van der Waals surface area contributed by atoms with E-state index in [4.69, 9.17) is 9.57 Å². The van der Waals surface area contributed by atoms with Gasteiger partial charge in [-0.3, -0.25) is 4.79 Å². The number of rotatable bonds is 6. The van der Waals surface area contributed by atoms with E-state index >= 15 is 0 Å². The summed E-state index contributed by atoms with van der Waals surface area (Å²) < 4.78 is 5.03. The van der Waals surface area contributed by atoms with E-state index in [0.717, 1.165) is 11.3 Å². The molecular formula is C20H20N2O3. The van der Waals surface area contributed by atoms with E-state index in [1.807, 2.05) is 55.6 Å². The maximum atomic E-state index is 11.9. The molecule has 2 heterocycles. The molecule has 2 unspecified atom stereocenters. The van der Waals surface area contributed by atoms with Gasteiger partial charge in [-0.15, -0.1) is 0 Å². The summed E-state index contributed by atoms with van der Waals surface area (Å²) in [6, 6.07) is 15.8. The third-order valence-electron chi connectivity index (χ3n) is 4.30. The van der Waals surface area contributed by atoms with Crippen LogP contribution in [0.15, 0.2) is 54.6 Å². The van der Waals surface area contributed by atoms with Gasteiger partial charge in [0.05, 0.1) is 12.3 Å². The average Bonchev–Trinajstić information content (AvgIpc) is 3.54. The highest BCUT2D eigenvalue weighted by Crippen LogP contribution is 2.31. The Bertz CT molecular complexity index is 793. The van der Waals surface area contributed by atoms with Gasteiger partial charge in [-0.2, -0.15) is 0 Å². The molecule has 0 bridgehead atoms. The van der Waals surface area contributed by atoms with E-state index in [9.17, 15) is 4.79 Å². The number of carbonyl (C=O) groups is 1. The van der Waals surface area contributed by atoms with Crippen molar-refractivity contribution < 1.29 is 14.4 Å². The lowest BCUT2D eigenvalue weighted by Gasteiger charge is -2.11.